The van der Waals surface area contributed by atoms with Crippen molar-refractivity contribution in [2.24, 2.45) is 0 Å². The maximum Gasteiger partial charge on any atom is 0.223 e. The second-order valence-electron chi connectivity index (χ2n) is 4.91. The van der Waals surface area contributed by atoms with E-state index in [1.54, 1.807) is 23.6 Å². The van der Waals surface area contributed by atoms with Crippen LogP contribution in [-0.4, -0.2) is 58.7 Å². The summed E-state index contributed by atoms with van der Waals surface area (Å²) in [7, 11) is 3.39. The number of pyridine rings is 1. The molecule has 1 aromatic rings. The molecule has 0 spiro atoms. The molecule has 0 amide bonds. The summed E-state index contributed by atoms with van der Waals surface area (Å²) in [4.78, 5) is 13.6. The van der Waals surface area contributed by atoms with E-state index in [0.717, 1.165) is 0 Å². The van der Waals surface area contributed by atoms with Gasteiger partial charge in [-0.15, -0.1) is 0 Å². The van der Waals surface area contributed by atoms with Gasteiger partial charge >= 0.3 is 0 Å². The Morgan fingerprint density at radius 3 is 2.67 bits per heavy atom. The molecule has 3 N–H and O–H groups in total. The first kappa shape index (κ1) is 17.6. The lowest BCUT2D eigenvalue weighted by atomic mass is 10.2. The third-order valence-electron chi connectivity index (χ3n) is 3.27. The van der Waals surface area contributed by atoms with Gasteiger partial charge in [-0.3, -0.25) is 9.69 Å². The second kappa shape index (κ2) is 8.78. The fraction of sp³-hybridized carbons (Fsp3) is 0.643. The zero-order valence-corrected chi connectivity index (χ0v) is 12.6. The number of aromatic hydroxyl groups is 1. The first-order valence-electron chi connectivity index (χ1n) is 6.88. The van der Waals surface area contributed by atoms with Gasteiger partial charge < -0.3 is 24.6 Å². The second-order valence-corrected chi connectivity index (χ2v) is 4.91. The summed E-state index contributed by atoms with van der Waals surface area (Å²) in [5, 5.41) is 28.4. The molecule has 0 aliphatic heterocycles. The lowest BCUT2D eigenvalue weighted by molar-refractivity contribution is 0.185. The average molecular weight is 300 g/mol. The highest BCUT2D eigenvalue weighted by molar-refractivity contribution is 5.30. The van der Waals surface area contributed by atoms with E-state index in [-0.39, 0.29) is 19.0 Å². The van der Waals surface area contributed by atoms with Gasteiger partial charge in [0.05, 0.1) is 18.9 Å². The summed E-state index contributed by atoms with van der Waals surface area (Å²) in [6.45, 7) is 1.52. The molecule has 0 bridgehead atoms. The zero-order chi connectivity index (χ0) is 15.8. The quantitative estimate of drug-likeness (QED) is 0.533. The SMILES string of the molecule is COCCCn1c(CO)cc(=O)c(O)c1CN(C)CCO. The number of aliphatic hydroxyl groups is 2. The summed E-state index contributed by atoms with van der Waals surface area (Å²) >= 11 is 0. The van der Waals surface area contributed by atoms with Crippen LogP contribution < -0.4 is 5.43 Å². The van der Waals surface area contributed by atoms with Gasteiger partial charge in [0.15, 0.2) is 5.75 Å². The van der Waals surface area contributed by atoms with Crippen molar-refractivity contribution in [3.63, 3.8) is 0 Å². The average Bonchev–Trinajstić information content (AvgIpc) is 2.46. The smallest absolute Gasteiger partial charge is 0.223 e. The molecule has 1 rings (SSSR count). The molecule has 7 nitrogen and oxygen atoms in total. The third kappa shape index (κ3) is 4.82. The maximum atomic E-state index is 11.8. The van der Waals surface area contributed by atoms with Gasteiger partial charge in [0.2, 0.25) is 5.43 Å². The minimum absolute atomic E-state index is 0.00907. The Labute approximate surface area is 124 Å². The number of nitrogens with zero attached hydrogens (tertiary/aromatic N) is 2. The van der Waals surface area contributed by atoms with Crippen molar-refractivity contribution < 1.29 is 20.1 Å². The molecule has 0 aliphatic rings. The summed E-state index contributed by atoms with van der Waals surface area (Å²) in [6.07, 6.45) is 0.697. The molecule has 0 fully saturated rings. The fourth-order valence-electron chi connectivity index (χ4n) is 2.18. The van der Waals surface area contributed by atoms with Crippen molar-refractivity contribution in [3.05, 3.63) is 27.7 Å². The van der Waals surface area contributed by atoms with Crippen LogP contribution in [0.15, 0.2) is 10.9 Å². The summed E-state index contributed by atoms with van der Waals surface area (Å²) < 4.78 is 6.75. The zero-order valence-electron chi connectivity index (χ0n) is 12.6. The third-order valence-corrected chi connectivity index (χ3v) is 3.27. The first-order valence-corrected chi connectivity index (χ1v) is 6.88. The standard InChI is InChI=1S/C14H24N2O5/c1-15(5-6-17)9-12-14(20)13(19)8-11(10-18)16(12)4-3-7-21-2/h8,17-18,20H,3-7,9-10H2,1-2H3. The van der Waals surface area contributed by atoms with E-state index in [0.29, 0.717) is 44.0 Å². The summed E-state index contributed by atoms with van der Waals surface area (Å²) in [5.41, 5.74) is 0.398. The Kier molecular flexibility index (Phi) is 7.38. The number of hydrogen-bond donors (Lipinski definition) is 3. The normalized spacial score (nSPS) is 11.3. The summed E-state index contributed by atoms with van der Waals surface area (Å²) in [6, 6.07) is 1.25. The van der Waals surface area contributed by atoms with Gasteiger partial charge in [-0.1, -0.05) is 0 Å². The monoisotopic (exact) mass is 300 g/mol. The van der Waals surface area contributed by atoms with Crippen LogP contribution in [-0.2, 0) is 24.4 Å². The van der Waals surface area contributed by atoms with Crippen molar-refractivity contribution in [2.45, 2.75) is 26.1 Å². The molecule has 1 aromatic heterocycles. The Balaban J connectivity index is 3.15. The highest BCUT2D eigenvalue weighted by atomic mass is 16.5. The van der Waals surface area contributed by atoms with Crippen LogP contribution in [0.1, 0.15) is 17.8 Å². The molecule has 0 saturated heterocycles. The predicted molar refractivity (Wildman–Crippen MR) is 78.2 cm³/mol. The molecule has 0 radical (unpaired) electrons. The first-order chi connectivity index (χ1) is 10.0. The number of likely N-dealkylation sites (N-methyl/N-ethyl adjacent to an activating group) is 1. The van der Waals surface area contributed by atoms with E-state index in [4.69, 9.17) is 9.84 Å². The molecule has 0 aromatic carbocycles. The van der Waals surface area contributed by atoms with Crippen LogP contribution >= 0.6 is 0 Å². The number of ether oxygens (including phenoxy) is 1. The molecule has 1 heterocycles. The van der Waals surface area contributed by atoms with Gasteiger partial charge in [-0.05, 0) is 13.5 Å². The lowest BCUT2D eigenvalue weighted by Crippen LogP contribution is -2.27. The van der Waals surface area contributed by atoms with Gasteiger partial charge in [-0.2, -0.15) is 0 Å². The number of hydrogen-bond acceptors (Lipinski definition) is 6. The van der Waals surface area contributed by atoms with E-state index < -0.39 is 5.43 Å². The van der Waals surface area contributed by atoms with Crippen LogP contribution in [0.25, 0.3) is 0 Å². The Morgan fingerprint density at radius 2 is 2.10 bits per heavy atom. The van der Waals surface area contributed by atoms with Gasteiger partial charge in [0, 0.05) is 45.1 Å². The van der Waals surface area contributed by atoms with E-state index in [1.807, 2.05) is 0 Å². The predicted octanol–water partition coefficient (Wildman–Crippen LogP) is -0.493. The van der Waals surface area contributed by atoms with Crippen molar-refractivity contribution >= 4 is 0 Å². The minimum Gasteiger partial charge on any atom is -0.503 e. The molecule has 0 atom stereocenters. The largest absolute Gasteiger partial charge is 0.503 e. The van der Waals surface area contributed by atoms with Gasteiger partial charge in [-0.25, -0.2) is 0 Å². The van der Waals surface area contributed by atoms with Crippen LogP contribution in [0.4, 0.5) is 0 Å². The highest BCUT2D eigenvalue weighted by Crippen LogP contribution is 2.17. The molecule has 0 aliphatic carbocycles. The van der Waals surface area contributed by atoms with Crippen LogP contribution in [0, 0.1) is 0 Å². The van der Waals surface area contributed by atoms with Crippen molar-refractivity contribution in [1.82, 2.24) is 9.47 Å². The molecular formula is C14H24N2O5. The molecular weight excluding hydrogens is 276 g/mol. The van der Waals surface area contributed by atoms with Gasteiger partial charge in [0.25, 0.3) is 0 Å². The molecule has 120 valence electrons. The Bertz CT molecular complexity index is 501. The number of rotatable bonds is 9. The van der Waals surface area contributed by atoms with E-state index in [9.17, 15) is 15.0 Å². The number of methoxy groups -OCH3 is 1. The van der Waals surface area contributed by atoms with Crippen LogP contribution in [0.5, 0.6) is 5.75 Å². The Hall–Kier alpha value is -1.41. The minimum atomic E-state index is -0.505. The number of aliphatic hydroxyl groups excluding tert-OH is 2. The topological polar surface area (TPSA) is 95.2 Å². The molecule has 0 saturated carbocycles. The molecule has 21 heavy (non-hydrogen) atoms. The van der Waals surface area contributed by atoms with Crippen molar-refractivity contribution in [2.75, 3.05) is 33.9 Å². The number of aromatic nitrogens is 1. The van der Waals surface area contributed by atoms with Crippen molar-refractivity contribution in [1.29, 1.82) is 0 Å². The molecule has 0 unspecified atom stereocenters. The van der Waals surface area contributed by atoms with Gasteiger partial charge in [0.1, 0.15) is 0 Å². The maximum absolute atomic E-state index is 11.8. The lowest BCUT2D eigenvalue weighted by Gasteiger charge is -2.22. The van der Waals surface area contributed by atoms with Crippen molar-refractivity contribution in [3.8, 4) is 5.75 Å². The van der Waals surface area contributed by atoms with E-state index in [2.05, 4.69) is 0 Å². The fourth-order valence-corrected chi connectivity index (χ4v) is 2.18. The van der Waals surface area contributed by atoms with E-state index >= 15 is 0 Å². The van der Waals surface area contributed by atoms with E-state index in [1.165, 1.54) is 6.07 Å². The van der Waals surface area contributed by atoms with Crippen LogP contribution in [0.3, 0.4) is 0 Å². The summed E-state index contributed by atoms with van der Waals surface area (Å²) in [5.74, 6) is -0.311. The molecule has 7 heteroatoms. The Morgan fingerprint density at radius 1 is 1.38 bits per heavy atom. The van der Waals surface area contributed by atoms with Crippen LogP contribution in [0.2, 0.25) is 0 Å². The highest BCUT2D eigenvalue weighted by Gasteiger charge is 2.16.